The molecule has 1 aliphatic heterocycles. The lowest BCUT2D eigenvalue weighted by molar-refractivity contribution is -0.137. The van der Waals surface area contributed by atoms with Crippen molar-refractivity contribution in [3.8, 4) is 11.5 Å². The minimum absolute atomic E-state index is 0.0430. The Labute approximate surface area is 164 Å². The third kappa shape index (κ3) is 4.26. The first-order valence-corrected chi connectivity index (χ1v) is 9.01. The number of aromatic nitrogens is 1. The van der Waals surface area contributed by atoms with Gasteiger partial charge in [0.1, 0.15) is 17.8 Å². The van der Waals surface area contributed by atoms with Gasteiger partial charge in [-0.25, -0.2) is 4.98 Å². The number of benzene rings is 2. The highest BCUT2D eigenvalue weighted by molar-refractivity contribution is 5.78. The molecule has 0 aliphatic carbocycles. The molecule has 0 N–H and O–H groups in total. The van der Waals surface area contributed by atoms with Gasteiger partial charge in [0.25, 0.3) is 0 Å². The van der Waals surface area contributed by atoms with Crippen LogP contribution in [0.15, 0.2) is 59.5 Å². The molecule has 0 spiro atoms. The highest BCUT2D eigenvalue weighted by Gasteiger charge is 2.30. The van der Waals surface area contributed by atoms with E-state index in [1.807, 2.05) is 12.1 Å². The van der Waals surface area contributed by atoms with E-state index in [1.54, 1.807) is 11.0 Å². The number of carbonyl (C=O) groups excluding carboxylic acids is 1. The average molecular weight is 402 g/mol. The number of hydrogen-bond acceptors (Lipinski definition) is 4. The molecule has 1 amide bonds. The number of ether oxygens (including phenoxy) is 1. The number of alkyl halides is 3. The number of halogens is 3. The van der Waals surface area contributed by atoms with Gasteiger partial charge in [-0.3, -0.25) is 4.79 Å². The van der Waals surface area contributed by atoms with Gasteiger partial charge in [0.15, 0.2) is 6.39 Å². The highest BCUT2D eigenvalue weighted by atomic mass is 19.4. The fraction of sp³-hybridized carbons (Fsp3) is 0.238. The summed E-state index contributed by atoms with van der Waals surface area (Å²) < 4.78 is 48.9. The van der Waals surface area contributed by atoms with Crippen LogP contribution in [-0.2, 0) is 30.4 Å². The summed E-state index contributed by atoms with van der Waals surface area (Å²) in [6.45, 7) is 0.966. The summed E-state index contributed by atoms with van der Waals surface area (Å²) in [5.41, 5.74) is 1.77. The van der Waals surface area contributed by atoms with Gasteiger partial charge in [0, 0.05) is 18.7 Å². The van der Waals surface area contributed by atoms with Gasteiger partial charge in [-0.1, -0.05) is 12.1 Å². The van der Waals surface area contributed by atoms with Crippen LogP contribution in [-0.4, -0.2) is 22.3 Å². The molecule has 0 unspecified atom stereocenters. The number of nitrogens with zero attached hydrogens (tertiary/aromatic N) is 2. The number of fused-ring (bicyclic) bond motifs is 1. The molecule has 0 saturated carbocycles. The van der Waals surface area contributed by atoms with Crippen molar-refractivity contribution in [1.29, 1.82) is 0 Å². The third-order valence-corrected chi connectivity index (χ3v) is 4.80. The molecule has 4 rings (SSSR count). The number of amides is 1. The molecule has 150 valence electrons. The molecule has 0 radical (unpaired) electrons. The van der Waals surface area contributed by atoms with Crippen LogP contribution in [0.4, 0.5) is 13.2 Å². The van der Waals surface area contributed by atoms with Crippen molar-refractivity contribution in [2.75, 3.05) is 6.54 Å². The Morgan fingerprint density at radius 3 is 2.66 bits per heavy atom. The molecule has 0 bridgehead atoms. The van der Waals surface area contributed by atoms with Gasteiger partial charge in [-0.15, -0.1) is 0 Å². The first kappa shape index (κ1) is 19.0. The van der Waals surface area contributed by atoms with Gasteiger partial charge < -0.3 is 14.1 Å². The molecule has 0 atom stereocenters. The first-order valence-electron chi connectivity index (χ1n) is 9.01. The van der Waals surface area contributed by atoms with Crippen LogP contribution in [0.3, 0.4) is 0 Å². The minimum Gasteiger partial charge on any atom is -0.457 e. The Morgan fingerprint density at radius 1 is 1.17 bits per heavy atom. The van der Waals surface area contributed by atoms with Crippen LogP contribution < -0.4 is 4.74 Å². The van der Waals surface area contributed by atoms with Crippen molar-refractivity contribution >= 4 is 5.91 Å². The maximum absolute atomic E-state index is 12.7. The number of hydrogen-bond donors (Lipinski definition) is 0. The van der Waals surface area contributed by atoms with Crippen LogP contribution in [0, 0.1) is 0 Å². The molecule has 0 fully saturated rings. The normalized spacial score (nSPS) is 13.8. The quantitative estimate of drug-likeness (QED) is 0.639. The molecule has 0 saturated heterocycles. The van der Waals surface area contributed by atoms with E-state index in [9.17, 15) is 18.0 Å². The zero-order chi connectivity index (χ0) is 20.4. The monoisotopic (exact) mass is 402 g/mol. The van der Waals surface area contributed by atoms with Crippen LogP contribution >= 0.6 is 0 Å². The van der Waals surface area contributed by atoms with E-state index in [0.29, 0.717) is 36.7 Å². The SMILES string of the molecule is O=C(Cc1cocn1)N1CCc2c(cccc2Oc2ccc(C(F)(F)F)cc2)C1. The molecule has 1 aromatic heterocycles. The standard InChI is InChI=1S/C21H17F3N2O3/c22-21(23,24)15-4-6-17(7-5-15)29-19-3-1-2-14-11-26(9-8-18(14)19)20(27)10-16-12-28-13-25-16/h1-7,12-13H,8-11H2. The van der Waals surface area contributed by atoms with Crippen molar-refractivity contribution in [3.05, 3.63) is 77.5 Å². The molecule has 8 heteroatoms. The van der Waals surface area contributed by atoms with E-state index in [-0.39, 0.29) is 12.3 Å². The minimum atomic E-state index is -4.38. The molecule has 2 heterocycles. The zero-order valence-electron chi connectivity index (χ0n) is 15.3. The van der Waals surface area contributed by atoms with Gasteiger partial charge in [-0.2, -0.15) is 13.2 Å². The Bertz CT molecular complexity index is 999. The van der Waals surface area contributed by atoms with Crippen LogP contribution in [0.25, 0.3) is 0 Å². The van der Waals surface area contributed by atoms with Crippen LogP contribution in [0.5, 0.6) is 11.5 Å². The second-order valence-corrected chi connectivity index (χ2v) is 6.74. The summed E-state index contributed by atoms with van der Waals surface area (Å²) >= 11 is 0. The second kappa shape index (κ2) is 7.62. The van der Waals surface area contributed by atoms with E-state index in [4.69, 9.17) is 9.15 Å². The van der Waals surface area contributed by atoms with E-state index in [1.165, 1.54) is 24.8 Å². The van der Waals surface area contributed by atoms with Crippen molar-refractivity contribution < 1.29 is 27.1 Å². The van der Waals surface area contributed by atoms with E-state index in [2.05, 4.69) is 4.98 Å². The summed E-state index contributed by atoms with van der Waals surface area (Å²) in [7, 11) is 0. The van der Waals surface area contributed by atoms with Crippen molar-refractivity contribution in [3.63, 3.8) is 0 Å². The van der Waals surface area contributed by atoms with E-state index >= 15 is 0 Å². The Morgan fingerprint density at radius 2 is 1.97 bits per heavy atom. The molecule has 5 nitrogen and oxygen atoms in total. The average Bonchev–Trinajstić information content (AvgIpc) is 3.20. The first-order chi connectivity index (χ1) is 13.9. The van der Waals surface area contributed by atoms with Gasteiger partial charge >= 0.3 is 6.18 Å². The molecular formula is C21H17F3N2O3. The molecule has 3 aromatic rings. The fourth-order valence-corrected chi connectivity index (χ4v) is 3.31. The van der Waals surface area contributed by atoms with Crippen molar-refractivity contribution in [2.45, 2.75) is 25.6 Å². The number of oxazole rings is 1. The molecule has 29 heavy (non-hydrogen) atoms. The lowest BCUT2D eigenvalue weighted by Crippen LogP contribution is -2.37. The zero-order valence-corrected chi connectivity index (χ0v) is 15.3. The Balaban J connectivity index is 1.47. The molecule has 2 aromatic carbocycles. The van der Waals surface area contributed by atoms with Crippen LogP contribution in [0.1, 0.15) is 22.4 Å². The molecule has 1 aliphatic rings. The Kier molecular flexibility index (Phi) is 5.00. The Hall–Kier alpha value is -3.29. The highest BCUT2D eigenvalue weighted by Crippen LogP contribution is 2.34. The summed E-state index contributed by atoms with van der Waals surface area (Å²) in [6, 6.07) is 10.1. The van der Waals surface area contributed by atoms with Gasteiger partial charge in [0.2, 0.25) is 5.91 Å². The fourth-order valence-electron chi connectivity index (χ4n) is 3.31. The smallest absolute Gasteiger partial charge is 0.416 e. The lowest BCUT2D eigenvalue weighted by Gasteiger charge is -2.30. The maximum Gasteiger partial charge on any atom is 0.416 e. The topological polar surface area (TPSA) is 55.6 Å². The lowest BCUT2D eigenvalue weighted by atomic mass is 9.98. The van der Waals surface area contributed by atoms with Gasteiger partial charge in [0.05, 0.1) is 17.7 Å². The predicted octanol–water partition coefficient (Wildman–Crippen LogP) is 4.61. The maximum atomic E-state index is 12.7. The summed E-state index contributed by atoms with van der Waals surface area (Å²) in [5, 5.41) is 0. The van der Waals surface area contributed by atoms with Crippen molar-refractivity contribution in [1.82, 2.24) is 9.88 Å². The summed E-state index contributed by atoms with van der Waals surface area (Å²) in [4.78, 5) is 18.2. The number of rotatable bonds is 4. The second-order valence-electron chi connectivity index (χ2n) is 6.74. The van der Waals surface area contributed by atoms with E-state index in [0.717, 1.165) is 23.3 Å². The van der Waals surface area contributed by atoms with E-state index < -0.39 is 11.7 Å². The van der Waals surface area contributed by atoms with Crippen molar-refractivity contribution in [2.24, 2.45) is 0 Å². The van der Waals surface area contributed by atoms with Gasteiger partial charge in [-0.05, 0) is 42.3 Å². The summed E-state index contributed by atoms with van der Waals surface area (Å²) in [6.07, 6.45) is -0.874. The molecular weight excluding hydrogens is 385 g/mol. The third-order valence-electron chi connectivity index (χ3n) is 4.80. The largest absolute Gasteiger partial charge is 0.457 e. The van der Waals surface area contributed by atoms with Crippen LogP contribution in [0.2, 0.25) is 0 Å². The number of carbonyl (C=O) groups is 1. The summed E-state index contributed by atoms with van der Waals surface area (Å²) in [5.74, 6) is 0.875. The predicted molar refractivity (Wildman–Crippen MR) is 97.3 cm³/mol.